The third kappa shape index (κ3) is 6.56. The van der Waals surface area contributed by atoms with E-state index in [0.29, 0.717) is 32.2 Å². The van der Waals surface area contributed by atoms with Crippen molar-refractivity contribution in [2.75, 3.05) is 20.2 Å². The molecule has 7 nitrogen and oxygen atoms in total. The van der Waals surface area contributed by atoms with Crippen molar-refractivity contribution < 1.29 is 13.2 Å². The summed E-state index contributed by atoms with van der Waals surface area (Å²) in [6.07, 6.45) is 1.85. The quantitative estimate of drug-likeness (QED) is 0.452. The molecule has 2 aromatic rings. The van der Waals surface area contributed by atoms with Crippen LogP contribution in [0.4, 0.5) is 0 Å². The number of nitrogens with zero attached hydrogens (tertiary/aromatic N) is 1. The Hall–Kier alpha value is -2.42. The third-order valence-corrected chi connectivity index (χ3v) is 6.18. The lowest BCUT2D eigenvalue weighted by atomic mass is 10.2. The molecule has 0 aliphatic carbocycles. The van der Waals surface area contributed by atoms with Crippen molar-refractivity contribution >= 4 is 16.0 Å². The number of hydrogen-bond donors (Lipinski definition) is 3. The molecule has 29 heavy (non-hydrogen) atoms. The highest BCUT2D eigenvalue weighted by Crippen LogP contribution is 2.14. The average Bonchev–Trinajstić information content (AvgIpc) is 3.27. The normalized spacial score (nSPS) is 17.3. The van der Waals surface area contributed by atoms with Gasteiger partial charge in [-0.3, -0.25) is 4.99 Å². The molecule has 0 spiro atoms. The summed E-state index contributed by atoms with van der Waals surface area (Å²) in [4.78, 5) is 4.47. The molecule has 0 aromatic heterocycles. The van der Waals surface area contributed by atoms with Crippen molar-refractivity contribution in [2.45, 2.75) is 36.9 Å². The van der Waals surface area contributed by atoms with E-state index in [1.54, 1.807) is 31.3 Å². The zero-order valence-corrected chi connectivity index (χ0v) is 17.4. The first-order chi connectivity index (χ1) is 14.1. The number of aliphatic imine (C=N–C) groups is 1. The molecule has 0 saturated carbocycles. The topological polar surface area (TPSA) is 91.8 Å². The van der Waals surface area contributed by atoms with Crippen molar-refractivity contribution in [2.24, 2.45) is 4.99 Å². The van der Waals surface area contributed by atoms with Gasteiger partial charge in [0.15, 0.2) is 5.96 Å². The first kappa shape index (κ1) is 21.3. The Bertz CT molecular complexity index is 893. The van der Waals surface area contributed by atoms with Gasteiger partial charge in [0, 0.05) is 33.3 Å². The Morgan fingerprint density at radius 3 is 2.28 bits per heavy atom. The van der Waals surface area contributed by atoms with E-state index in [2.05, 4.69) is 20.3 Å². The van der Waals surface area contributed by atoms with E-state index < -0.39 is 10.0 Å². The van der Waals surface area contributed by atoms with Gasteiger partial charge in [-0.1, -0.05) is 42.5 Å². The predicted molar refractivity (Wildman–Crippen MR) is 114 cm³/mol. The third-order valence-electron chi connectivity index (χ3n) is 4.75. The SMILES string of the molecule is CN=C(NCc1ccccc1)NCc1ccc(S(=O)(=O)NCC2CCCO2)cc1. The minimum Gasteiger partial charge on any atom is -0.377 e. The van der Waals surface area contributed by atoms with E-state index >= 15 is 0 Å². The molecule has 1 saturated heterocycles. The second-order valence-corrected chi connectivity index (χ2v) is 8.66. The summed E-state index contributed by atoms with van der Waals surface area (Å²) in [5.41, 5.74) is 2.13. The number of benzene rings is 2. The lowest BCUT2D eigenvalue weighted by Crippen LogP contribution is -2.36. The van der Waals surface area contributed by atoms with Crippen molar-refractivity contribution in [1.82, 2.24) is 15.4 Å². The molecule has 8 heteroatoms. The molecular weight excluding hydrogens is 388 g/mol. The van der Waals surface area contributed by atoms with Crippen molar-refractivity contribution in [1.29, 1.82) is 0 Å². The number of ether oxygens (including phenoxy) is 1. The molecule has 3 rings (SSSR count). The molecule has 1 fully saturated rings. The molecule has 0 amide bonds. The van der Waals surface area contributed by atoms with Crippen LogP contribution in [0.2, 0.25) is 0 Å². The van der Waals surface area contributed by atoms with Crippen LogP contribution in [-0.2, 0) is 27.8 Å². The second-order valence-electron chi connectivity index (χ2n) is 6.90. The van der Waals surface area contributed by atoms with E-state index in [9.17, 15) is 8.42 Å². The van der Waals surface area contributed by atoms with E-state index in [-0.39, 0.29) is 11.0 Å². The van der Waals surface area contributed by atoms with Gasteiger partial charge in [0.2, 0.25) is 10.0 Å². The van der Waals surface area contributed by atoms with Crippen LogP contribution in [0.5, 0.6) is 0 Å². The average molecular weight is 417 g/mol. The first-order valence-electron chi connectivity index (χ1n) is 9.75. The lowest BCUT2D eigenvalue weighted by Gasteiger charge is -2.13. The second kappa shape index (κ2) is 10.4. The highest BCUT2D eigenvalue weighted by Gasteiger charge is 2.20. The molecule has 1 heterocycles. The van der Waals surface area contributed by atoms with Gasteiger partial charge in [-0.15, -0.1) is 0 Å². The van der Waals surface area contributed by atoms with Crippen LogP contribution in [0, 0.1) is 0 Å². The maximum Gasteiger partial charge on any atom is 0.240 e. The molecule has 0 radical (unpaired) electrons. The standard InChI is InChI=1S/C21H28N4O3S/c1-22-21(23-14-17-6-3-2-4-7-17)24-15-18-9-11-20(12-10-18)29(26,27)25-16-19-8-5-13-28-19/h2-4,6-7,9-12,19,25H,5,8,13-16H2,1H3,(H2,22,23,24). The summed E-state index contributed by atoms with van der Waals surface area (Å²) in [5.74, 6) is 0.684. The zero-order chi connectivity index (χ0) is 20.5. The van der Waals surface area contributed by atoms with Gasteiger partial charge in [0.25, 0.3) is 0 Å². The molecule has 1 aliphatic heterocycles. The molecular formula is C21H28N4O3S. The molecule has 1 atom stereocenters. The van der Waals surface area contributed by atoms with Crippen LogP contribution in [0.3, 0.4) is 0 Å². The van der Waals surface area contributed by atoms with E-state index in [1.807, 2.05) is 30.3 Å². The molecule has 0 bridgehead atoms. The molecule has 1 unspecified atom stereocenters. The molecule has 156 valence electrons. The number of nitrogens with one attached hydrogen (secondary N) is 3. The maximum absolute atomic E-state index is 12.4. The summed E-state index contributed by atoms with van der Waals surface area (Å²) < 4.78 is 32.9. The van der Waals surface area contributed by atoms with Gasteiger partial charge in [0.1, 0.15) is 0 Å². The first-order valence-corrected chi connectivity index (χ1v) is 11.2. The summed E-state index contributed by atoms with van der Waals surface area (Å²) in [5, 5.41) is 6.49. The van der Waals surface area contributed by atoms with Gasteiger partial charge >= 0.3 is 0 Å². The van der Waals surface area contributed by atoms with Gasteiger partial charge in [-0.05, 0) is 36.1 Å². The van der Waals surface area contributed by atoms with E-state index in [0.717, 1.165) is 18.4 Å². The summed E-state index contributed by atoms with van der Waals surface area (Å²) in [6.45, 7) is 2.23. The van der Waals surface area contributed by atoms with Crippen molar-refractivity contribution in [3.8, 4) is 0 Å². The largest absolute Gasteiger partial charge is 0.377 e. The Morgan fingerprint density at radius 2 is 1.69 bits per heavy atom. The number of rotatable bonds is 8. The summed E-state index contributed by atoms with van der Waals surface area (Å²) in [7, 11) is -1.81. The number of hydrogen-bond acceptors (Lipinski definition) is 4. The van der Waals surface area contributed by atoms with Gasteiger partial charge in [0.05, 0.1) is 11.0 Å². The van der Waals surface area contributed by atoms with E-state index in [1.165, 1.54) is 5.56 Å². The van der Waals surface area contributed by atoms with Gasteiger partial charge < -0.3 is 15.4 Å². The fourth-order valence-corrected chi connectivity index (χ4v) is 4.13. The van der Waals surface area contributed by atoms with Crippen LogP contribution in [0.25, 0.3) is 0 Å². The predicted octanol–water partition coefficient (Wildman–Crippen LogP) is 2.01. The van der Waals surface area contributed by atoms with Crippen LogP contribution in [-0.4, -0.2) is 40.7 Å². The zero-order valence-electron chi connectivity index (χ0n) is 16.6. The molecule has 3 N–H and O–H groups in total. The van der Waals surface area contributed by atoms with Crippen LogP contribution in [0.1, 0.15) is 24.0 Å². The van der Waals surface area contributed by atoms with Crippen LogP contribution < -0.4 is 15.4 Å². The van der Waals surface area contributed by atoms with Crippen molar-refractivity contribution in [3.63, 3.8) is 0 Å². The Labute approximate surface area is 172 Å². The Kier molecular flexibility index (Phi) is 7.62. The highest BCUT2D eigenvalue weighted by atomic mass is 32.2. The van der Waals surface area contributed by atoms with Gasteiger partial charge in [-0.25, -0.2) is 13.1 Å². The number of guanidine groups is 1. The van der Waals surface area contributed by atoms with Crippen LogP contribution >= 0.6 is 0 Å². The Balaban J connectivity index is 1.48. The smallest absolute Gasteiger partial charge is 0.240 e. The van der Waals surface area contributed by atoms with Crippen molar-refractivity contribution in [3.05, 3.63) is 65.7 Å². The maximum atomic E-state index is 12.4. The fraction of sp³-hybridized carbons (Fsp3) is 0.381. The lowest BCUT2D eigenvalue weighted by molar-refractivity contribution is 0.114. The molecule has 2 aromatic carbocycles. The monoisotopic (exact) mass is 416 g/mol. The number of sulfonamides is 1. The van der Waals surface area contributed by atoms with Gasteiger partial charge in [-0.2, -0.15) is 0 Å². The van der Waals surface area contributed by atoms with Crippen LogP contribution in [0.15, 0.2) is 64.5 Å². The summed E-state index contributed by atoms with van der Waals surface area (Å²) >= 11 is 0. The summed E-state index contributed by atoms with van der Waals surface area (Å²) in [6, 6.07) is 16.9. The fourth-order valence-electron chi connectivity index (χ4n) is 3.07. The highest BCUT2D eigenvalue weighted by molar-refractivity contribution is 7.89. The van der Waals surface area contributed by atoms with E-state index in [4.69, 9.17) is 4.74 Å². The minimum absolute atomic E-state index is 0.0246. The minimum atomic E-state index is -3.53. The Morgan fingerprint density at radius 1 is 1.03 bits per heavy atom. The molecule has 1 aliphatic rings.